The number of rotatable bonds is 3. The van der Waals surface area contributed by atoms with Gasteiger partial charge in [-0.1, -0.05) is 12.1 Å². The van der Waals surface area contributed by atoms with Crippen molar-refractivity contribution in [2.45, 2.75) is 38.8 Å². The summed E-state index contributed by atoms with van der Waals surface area (Å²) in [5, 5.41) is 2.98. The fraction of sp³-hybridized carbons (Fsp3) is 0.533. The Kier molecular flexibility index (Phi) is 4.66. The molecule has 1 N–H and O–H groups in total. The van der Waals surface area contributed by atoms with Gasteiger partial charge < -0.3 is 15.0 Å². The van der Waals surface area contributed by atoms with Crippen LogP contribution in [0.15, 0.2) is 24.3 Å². The quantitative estimate of drug-likeness (QED) is 0.910. The number of methoxy groups -OCH3 is 1. The summed E-state index contributed by atoms with van der Waals surface area (Å²) < 4.78 is 5.17. The second-order valence-electron chi connectivity index (χ2n) is 5.05. The summed E-state index contributed by atoms with van der Waals surface area (Å²) >= 11 is 0. The summed E-state index contributed by atoms with van der Waals surface area (Å²) in [5.74, 6) is 0.818. The first kappa shape index (κ1) is 13.7. The van der Waals surface area contributed by atoms with E-state index in [0.717, 1.165) is 30.7 Å². The van der Waals surface area contributed by atoms with Crippen LogP contribution in [0.3, 0.4) is 0 Å². The number of likely N-dealkylation sites (tertiary alicyclic amines) is 1. The van der Waals surface area contributed by atoms with Gasteiger partial charge in [-0.2, -0.15) is 0 Å². The zero-order chi connectivity index (χ0) is 13.7. The van der Waals surface area contributed by atoms with Gasteiger partial charge >= 0.3 is 6.03 Å². The van der Waals surface area contributed by atoms with E-state index in [9.17, 15) is 4.79 Å². The number of nitrogens with zero attached hydrogens (tertiary/aromatic N) is 1. The van der Waals surface area contributed by atoms with Gasteiger partial charge in [0.05, 0.1) is 7.11 Å². The zero-order valence-electron chi connectivity index (χ0n) is 11.7. The number of benzene rings is 1. The standard InChI is InChI=1S/C15H22N2O2/c1-12-6-3-4-9-17(12)15(18)16-11-13-7-5-8-14(10-13)19-2/h5,7-8,10,12H,3-4,6,9,11H2,1-2H3,(H,16,18). The van der Waals surface area contributed by atoms with Crippen molar-refractivity contribution in [2.24, 2.45) is 0 Å². The van der Waals surface area contributed by atoms with Crippen molar-refractivity contribution in [1.29, 1.82) is 0 Å². The molecule has 1 aromatic rings. The van der Waals surface area contributed by atoms with Gasteiger partial charge in [-0.3, -0.25) is 0 Å². The molecule has 19 heavy (non-hydrogen) atoms. The Bertz CT molecular complexity index is 434. The SMILES string of the molecule is COc1cccc(CNC(=O)N2CCCCC2C)c1. The van der Waals surface area contributed by atoms with Crippen LogP contribution < -0.4 is 10.1 Å². The van der Waals surface area contributed by atoms with Crippen molar-refractivity contribution in [3.63, 3.8) is 0 Å². The maximum Gasteiger partial charge on any atom is 0.317 e. The highest BCUT2D eigenvalue weighted by Gasteiger charge is 2.22. The van der Waals surface area contributed by atoms with Crippen LogP contribution in [0.2, 0.25) is 0 Å². The third-order valence-corrected chi connectivity index (χ3v) is 3.64. The largest absolute Gasteiger partial charge is 0.497 e. The lowest BCUT2D eigenvalue weighted by molar-refractivity contribution is 0.158. The van der Waals surface area contributed by atoms with Gasteiger partial charge in [0.15, 0.2) is 0 Å². The van der Waals surface area contributed by atoms with E-state index in [0.29, 0.717) is 12.6 Å². The third-order valence-electron chi connectivity index (χ3n) is 3.64. The minimum absolute atomic E-state index is 0.0371. The summed E-state index contributed by atoms with van der Waals surface area (Å²) in [5.41, 5.74) is 1.05. The molecule has 1 fully saturated rings. The van der Waals surface area contributed by atoms with E-state index >= 15 is 0 Å². The number of hydrogen-bond acceptors (Lipinski definition) is 2. The van der Waals surface area contributed by atoms with E-state index in [1.54, 1.807) is 7.11 Å². The lowest BCUT2D eigenvalue weighted by Gasteiger charge is -2.33. The van der Waals surface area contributed by atoms with E-state index in [1.165, 1.54) is 6.42 Å². The number of nitrogens with one attached hydrogen (secondary N) is 1. The Balaban J connectivity index is 1.88. The van der Waals surface area contributed by atoms with Crippen molar-refractivity contribution < 1.29 is 9.53 Å². The maximum absolute atomic E-state index is 12.1. The first-order valence-corrected chi connectivity index (χ1v) is 6.88. The molecule has 1 aliphatic heterocycles. The monoisotopic (exact) mass is 262 g/mol. The summed E-state index contributed by atoms with van der Waals surface area (Å²) in [4.78, 5) is 14.1. The molecule has 1 saturated heterocycles. The van der Waals surface area contributed by atoms with Crippen LogP contribution in [0.1, 0.15) is 31.7 Å². The van der Waals surface area contributed by atoms with Crippen LogP contribution >= 0.6 is 0 Å². The molecular weight excluding hydrogens is 240 g/mol. The molecule has 0 bridgehead atoms. The molecule has 0 saturated carbocycles. The average Bonchev–Trinajstić information content (AvgIpc) is 2.45. The van der Waals surface area contributed by atoms with E-state index in [-0.39, 0.29) is 6.03 Å². The molecule has 1 heterocycles. The number of hydrogen-bond donors (Lipinski definition) is 1. The topological polar surface area (TPSA) is 41.6 Å². The summed E-state index contributed by atoms with van der Waals surface area (Å²) in [6.45, 7) is 3.52. The van der Waals surface area contributed by atoms with Crippen LogP contribution in [0.5, 0.6) is 5.75 Å². The molecule has 4 heteroatoms. The van der Waals surface area contributed by atoms with Crippen molar-refractivity contribution in [3.05, 3.63) is 29.8 Å². The van der Waals surface area contributed by atoms with Crippen LogP contribution in [-0.2, 0) is 6.54 Å². The molecular formula is C15H22N2O2. The van der Waals surface area contributed by atoms with Crippen molar-refractivity contribution in [1.82, 2.24) is 10.2 Å². The number of ether oxygens (including phenoxy) is 1. The molecule has 0 radical (unpaired) electrons. The van der Waals surface area contributed by atoms with E-state index < -0.39 is 0 Å². The molecule has 1 aromatic carbocycles. The van der Waals surface area contributed by atoms with Gasteiger partial charge in [-0.25, -0.2) is 4.79 Å². The fourth-order valence-electron chi connectivity index (χ4n) is 2.46. The molecule has 4 nitrogen and oxygen atoms in total. The van der Waals surface area contributed by atoms with Crippen LogP contribution in [0.4, 0.5) is 4.79 Å². The van der Waals surface area contributed by atoms with Crippen molar-refractivity contribution in [2.75, 3.05) is 13.7 Å². The molecule has 2 rings (SSSR count). The van der Waals surface area contributed by atoms with Gasteiger partial charge in [-0.15, -0.1) is 0 Å². The minimum Gasteiger partial charge on any atom is -0.497 e. The second-order valence-corrected chi connectivity index (χ2v) is 5.05. The van der Waals surface area contributed by atoms with E-state index in [4.69, 9.17) is 4.74 Å². The van der Waals surface area contributed by atoms with Gasteiger partial charge in [0, 0.05) is 19.1 Å². The molecule has 104 valence electrons. The number of urea groups is 1. The number of carbonyl (C=O) groups excluding carboxylic acids is 1. The highest BCUT2D eigenvalue weighted by molar-refractivity contribution is 5.74. The normalized spacial score (nSPS) is 19.1. The molecule has 0 aliphatic carbocycles. The summed E-state index contributed by atoms with van der Waals surface area (Å²) in [7, 11) is 1.65. The van der Waals surface area contributed by atoms with Crippen molar-refractivity contribution >= 4 is 6.03 Å². The van der Waals surface area contributed by atoms with Crippen LogP contribution in [0.25, 0.3) is 0 Å². The Morgan fingerprint density at radius 2 is 2.32 bits per heavy atom. The molecule has 1 atom stereocenters. The first-order chi connectivity index (χ1) is 9.20. The Morgan fingerprint density at radius 1 is 1.47 bits per heavy atom. The average molecular weight is 262 g/mol. The predicted molar refractivity (Wildman–Crippen MR) is 75.2 cm³/mol. The molecule has 2 amide bonds. The third kappa shape index (κ3) is 3.63. The zero-order valence-corrected chi connectivity index (χ0v) is 11.7. The van der Waals surface area contributed by atoms with Crippen LogP contribution in [-0.4, -0.2) is 30.6 Å². The highest BCUT2D eigenvalue weighted by Crippen LogP contribution is 2.17. The molecule has 0 spiro atoms. The summed E-state index contributed by atoms with van der Waals surface area (Å²) in [6, 6.07) is 8.15. The lowest BCUT2D eigenvalue weighted by atomic mass is 10.0. The number of piperidine rings is 1. The molecule has 1 aliphatic rings. The second kappa shape index (κ2) is 6.45. The van der Waals surface area contributed by atoms with E-state index in [1.807, 2.05) is 29.2 Å². The highest BCUT2D eigenvalue weighted by atomic mass is 16.5. The van der Waals surface area contributed by atoms with Gasteiger partial charge in [0.25, 0.3) is 0 Å². The molecule has 1 unspecified atom stereocenters. The Morgan fingerprint density at radius 3 is 3.05 bits per heavy atom. The number of carbonyl (C=O) groups is 1. The van der Waals surface area contributed by atoms with Crippen molar-refractivity contribution in [3.8, 4) is 5.75 Å². The van der Waals surface area contributed by atoms with Gasteiger partial charge in [0.2, 0.25) is 0 Å². The fourth-order valence-corrected chi connectivity index (χ4v) is 2.46. The van der Waals surface area contributed by atoms with Gasteiger partial charge in [0.1, 0.15) is 5.75 Å². The molecule has 0 aromatic heterocycles. The minimum atomic E-state index is 0.0371. The predicted octanol–water partition coefficient (Wildman–Crippen LogP) is 2.78. The number of amides is 2. The smallest absolute Gasteiger partial charge is 0.317 e. The van der Waals surface area contributed by atoms with Gasteiger partial charge in [-0.05, 0) is 43.9 Å². The maximum atomic E-state index is 12.1. The van der Waals surface area contributed by atoms with Crippen LogP contribution in [0, 0.1) is 0 Å². The summed E-state index contributed by atoms with van der Waals surface area (Å²) in [6.07, 6.45) is 3.43. The lowest BCUT2D eigenvalue weighted by Crippen LogP contribution is -2.47. The van der Waals surface area contributed by atoms with E-state index in [2.05, 4.69) is 12.2 Å². The first-order valence-electron chi connectivity index (χ1n) is 6.88. The Labute approximate surface area is 114 Å². The Hall–Kier alpha value is -1.71.